The maximum Gasteiger partial charge on any atom is 0.263 e. The van der Waals surface area contributed by atoms with Crippen LogP contribution in [0.25, 0.3) is 16.6 Å². The molecule has 1 saturated heterocycles. The van der Waals surface area contributed by atoms with Crippen molar-refractivity contribution in [3.8, 4) is 5.69 Å². The lowest BCUT2D eigenvalue weighted by molar-refractivity contribution is -0.130. The summed E-state index contributed by atoms with van der Waals surface area (Å²) in [5.74, 6) is 0.191. The fourth-order valence-corrected chi connectivity index (χ4v) is 3.61. The molecule has 4 rings (SSSR count). The highest BCUT2D eigenvalue weighted by Gasteiger charge is 2.41. The average Bonchev–Trinajstić information content (AvgIpc) is 3.24. The normalized spacial score (nSPS) is 17.0. The Morgan fingerprint density at radius 2 is 1.90 bits per heavy atom. The van der Waals surface area contributed by atoms with E-state index in [0.29, 0.717) is 36.0 Å². The van der Waals surface area contributed by atoms with E-state index in [9.17, 15) is 4.79 Å². The predicted molar refractivity (Wildman–Crippen MR) is 107 cm³/mol. The molecular weight excluding hydrogens is 373 g/mol. The first-order valence-electron chi connectivity index (χ1n) is 9.78. The standard InChI is InChI=1S/C20H24FN7O/c1-14(2)13-27-7-3-20(21,4-8-27)19(29)26-18-10-15-9-16(28-24-5-6-25-28)11-22-17(15)12-23-18/h5-6,9-12,14H,3-4,7-8,13H2,1-2H3,(H,23,26,29). The number of pyridine rings is 2. The largest absolute Gasteiger partial charge is 0.308 e. The Kier molecular flexibility index (Phi) is 5.23. The van der Waals surface area contributed by atoms with Gasteiger partial charge in [-0.25, -0.2) is 9.37 Å². The summed E-state index contributed by atoms with van der Waals surface area (Å²) < 4.78 is 15.2. The summed E-state index contributed by atoms with van der Waals surface area (Å²) in [6.07, 6.45) is 6.74. The summed E-state index contributed by atoms with van der Waals surface area (Å²) in [5, 5.41) is 11.6. The van der Waals surface area contributed by atoms with Crippen molar-refractivity contribution in [2.24, 2.45) is 5.92 Å². The Morgan fingerprint density at radius 1 is 1.17 bits per heavy atom. The fourth-order valence-electron chi connectivity index (χ4n) is 3.61. The number of rotatable bonds is 5. The van der Waals surface area contributed by atoms with Crippen LogP contribution in [0, 0.1) is 5.92 Å². The Labute approximate surface area is 168 Å². The van der Waals surface area contributed by atoms with Crippen LogP contribution >= 0.6 is 0 Å². The summed E-state index contributed by atoms with van der Waals surface area (Å²) in [4.78, 5) is 24.8. The van der Waals surface area contributed by atoms with Crippen LogP contribution in [0.3, 0.4) is 0 Å². The molecule has 0 radical (unpaired) electrons. The lowest BCUT2D eigenvalue weighted by Crippen LogP contribution is -2.49. The molecule has 0 unspecified atom stereocenters. The monoisotopic (exact) mass is 397 g/mol. The molecule has 29 heavy (non-hydrogen) atoms. The van der Waals surface area contributed by atoms with E-state index in [1.807, 2.05) is 6.07 Å². The van der Waals surface area contributed by atoms with Gasteiger partial charge in [-0.3, -0.25) is 9.78 Å². The van der Waals surface area contributed by atoms with Crippen LogP contribution in [-0.4, -0.2) is 61.1 Å². The molecule has 4 heterocycles. The minimum atomic E-state index is -1.87. The quantitative estimate of drug-likeness (QED) is 0.712. The molecule has 0 aromatic carbocycles. The highest BCUT2D eigenvalue weighted by Crippen LogP contribution is 2.29. The zero-order valence-corrected chi connectivity index (χ0v) is 16.5. The molecule has 1 N–H and O–H groups in total. The highest BCUT2D eigenvalue weighted by atomic mass is 19.1. The molecule has 3 aromatic heterocycles. The first kappa shape index (κ1) is 19.4. The predicted octanol–water partition coefficient (Wildman–Crippen LogP) is 2.61. The maximum atomic E-state index is 15.2. The number of nitrogens with one attached hydrogen (secondary N) is 1. The number of alkyl halides is 1. The summed E-state index contributed by atoms with van der Waals surface area (Å²) in [5.41, 5.74) is -0.523. The third-order valence-electron chi connectivity index (χ3n) is 5.12. The maximum absolute atomic E-state index is 15.2. The molecule has 0 atom stereocenters. The molecular formula is C20H24FN7O. The number of carbonyl (C=O) groups excluding carboxylic acids is 1. The molecule has 152 valence electrons. The topological polar surface area (TPSA) is 88.8 Å². The zero-order chi connectivity index (χ0) is 20.4. The molecule has 3 aromatic rings. The molecule has 8 nitrogen and oxygen atoms in total. The molecule has 0 aliphatic carbocycles. The molecule has 0 saturated carbocycles. The molecule has 0 bridgehead atoms. The van der Waals surface area contributed by atoms with E-state index in [-0.39, 0.29) is 12.8 Å². The van der Waals surface area contributed by atoms with Crippen molar-refractivity contribution in [3.63, 3.8) is 0 Å². The number of likely N-dealkylation sites (tertiary alicyclic amines) is 1. The third-order valence-corrected chi connectivity index (χ3v) is 5.12. The van der Waals surface area contributed by atoms with Crippen molar-refractivity contribution in [2.75, 3.05) is 25.0 Å². The van der Waals surface area contributed by atoms with Gasteiger partial charge in [-0.05, 0) is 18.1 Å². The van der Waals surface area contributed by atoms with Gasteiger partial charge in [-0.1, -0.05) is 13.8 Å². The lowest BCUT2D eigenvalue weighted by Gasteiger charge is -2.36. The van der Waals surface area contributed by atoms with E-state index in [1.54, 1.807) is 30.9 Å². The minimum Gasteiger partial charge on any atom is -0.308 e. The molecule has 1 aliphatic rings. The van der Waals surface area contributed by atoms with Crippen molar-refractivity contribution in [2.45, 2.75) is 32.4 Å². The Bertz CT molecular complexity index is 997. The van der Waals surface area contributed by atoms with Crippen LogP contribution in [-0.2, 0) is 4.79 Å². The van der Waals surface area contributed by atoms with Gasteiger partial charge in [0, 0.05) is 37.9 Å². The number of halogens is 1. The van der Waals surface area contributed by atoms with Crippen molar-refractivity contribution >= 4 is 22.6 Å². The van der Waals surface area contributed by atoms with E-state index < -0.39 is 11.6 Å². The van der Waals surface area contributed by atoms with Gasteiger partial charge in [0.05, 0.1) is 30.3 Å². The second kappa shape index (κ2) is 7.82. The van der Waals surface area contributed by atoms with Crippen LogP contribution in [0.4, 0.5) is 10.2 Å². The summed E-state index contributed by atoms with van der Waals surface area (Å²) >= 11 is 0. The van der Waals surface area contributed by atoms with Crippen LogP contribution in [0.5, 0.6) is 0 Å². The van der Waals surface area contributed by atoms with E-state index in [0.717, 1.165) is 11.9 Å². The number of aromatic nitrogens is 5. The van der Waals surface area contributed by atoms with Crippen molar-refractivity contribution in [1.29, 1.82) is 0 Å². The number of anilines is 1. The van der Waals surface area contributed by atoms with Crippen LogP contribution < -0.4 is 5.32 Å². The average molecular weight is 397 g/mol. The number of nitrogens with zero attached hydrogens (tertiary/aromatic N) is 6. The number of hydrogen-bond donors (Lipinski definition) is 1. The first-order chi connectivity index (χ1) is 13.9. The van der Waals surface area contributed by atoms with Crippen LogP contribution in [0.1, 0.15) is 26.7 Å². The van der Waals surface area contributed by atoms with E-state index in [2.05, 4.69) is 44.2 Å². The van der Waals surface area contributed by atoms with Gasteiger partial charge in [-0.15, -0.1) is 0 Å². The van der Waals surface area contributed by atoms with Crippen molar-refractivity contribution in [3.05, 3.63) is 36.9 Å². The molecule has 1 aliphatic heterocycles. The minimum absolute atomic E-state index is 0.190. The number of piperidine rings is 1. The van der Waals surface area contributed by atoms with E-state index in [1.165, 1.54) is 4.80 Å². The lowest BCUT2D eigenvalue weighted by atomic mass is 9.92. The Balaban J connectivity index is 1.48. The van der Waals surface area contributed by atoms with Gasteiger partial charge in [0.1, 0.15) is 11.5 Å². The number of fused-ring (bicyclic) bond motifs is 1. The Morgan fingerprint density at radius 3 is 2.59 bits per heavy atom. The molecule has 1 amide bonds. The fraction of sp³-hybridized carbons (Fsp3) is 0.450. The van der Waals surface area contributed by atoms with Gasteiger partial charge in [-0.2, -0.15) is 15.0 Å². The van der Waals surface area contributed by atoms with E-state index in [4.69, 9.17) is 0 Å². The molecule has 1 fully saturated rings. The SMILES string of the molecule is CC(C)CN1CCC(F)(C(=O)Nc2cc3cc(-n4nccn4)cnc3cn2)CC1. The smallest absolute Gasteiger partial charge is 0.263 e. The third kappa shape index (κ3) is 4.24. The van der Waals surface area contributed by atoms with Gasteiger partial charge in [0.25, 0.3) is 5.91 Å². The van der Waals surface area contributed by atoms with Crippen molar-refractivity contribution in [1.82, 2.24) is 29.9 Å². The second-order valence-electron chi connectivity index (χ2n) is 7.89. The number of amides is 1. The van der Waals surface area contributed by atoms with Crippen LogP contribution in [0.15, 0.2) is 36.9 Å². The first-order valence-corrected chi connectivity index (χ1v) is 9.78. The summed E-state index contributed by atoms with van der Waals surface area (Å²) in [6, 6.07) is 3.53. The number of carbonyl (C=O) groups is 1. The highest BCUT2D eigenvalue weighted by molar-refractivity contribution is 5.98. The van der Waals surface area contributed by atoms with Gasteiger partial charge in [0.2, 0.25) is 0 Å². The summed E-state index contributed by atoms with van der Waals surface area (Å²) in [7, 11) is 0. The van der Waals surface area contributed by atoms with Gasteiger partial charge >= 0.3 is 0 Å². The summed E-state index contributed by atoms with van der Waals surface area (Å²) in [6.45, 7) is 6.36. The number of hydrogen-bond acceptors (Lipinski definition) is 6. The van der Waals surface area contributed by atoms with Crippen molar-refractivity contribution < 1.29 is 9.18 Å². The van der Waals surface area contributed by atoms with Gasteiger partial charge in [0.15, 0.2) is 5.67 Å². The molecule has 0 spiro atoms. The second-order valence-corrected chi connectivity index (χ2v) is 7.89. The molecule has 9 heteroatoms. The van der Waals surface area contributed by atoms with Gasteiger partial charge < -0.3 is 10.2 Å². The zero-order valence-electron chi connectivity index (χ0n) is 16.5. The van der Waals surface area contributed by atoms with Crippen LogP contribution in [0.2, 0.25) is 0 Å². The Hall–Kier alpha value is -2.94. The van der Waals surface area contributed by atoms with E-state index >= 15 is 4.39 Å².